The maximum atomic E-state index is 5.92. The van der Waals surface area contributed by atoms with Gasteiger partial charge in [0.15, 0.2) is 0 Å². The van der Waals surface area contributed by atoms with Crippen LogP contribution in [0.4, 0.5) is 5.95 Å². The summed E-state index contributed by atoms with van der Waals surface area (Å²) in [5.74, 6) is 6.53. The van der Waals surface area contributed by atoms with Crippen LogP contribution in [0.1, 0.15) is 16.8 Å². The van der Waals surface area contributed by atoms with Crippen molar-refractivity contribution in [1.82, 2.24) is 9.97 Å². The molecule has 2 aromatic carbocycles. The summed E-state index contributed by atoms with van der Waals surface area (Å²) in [6.45, 7) is 3.54. The van der Waals surface area contributed by atoms with Gasteiger partial charge in [0.25, 0.3) is 0 Å². The van der Waals surface area contributed by atoms with E-state index < -0.39 is 0 Å². The largest absolute Gasteiger partial charge is 0.491 e. The molecule has 0 fully saturated rings. The van der Waals surface area contributed by atoms with Crippen LogP contribution in [-0.4, -0.2) is 42.2 Å². The summed E-state index contributed by atoms with van der Waals surface area (Å²) in [6, 6.07) is 17.5. The Morgan fingerprint density at radius 2 is 1.87 bits per heavy atom. The van der Waals surface area contributed by atoms with Gasteiger partial charge in [-0.05, 0) is 36.8 Å². The Morgan fingerprint density at radius 3 is 2.58 bits per heavy atom. The molecule has 0 radical (unpaired) electrons. The SMILES string of the molecule is COCCOc1ccc(CN=CC(=NN)c2cc(-c3cccc(C)c3)nc(N)n2)cc1. The lowest BCUT2D eigenvalue weighted by Crippen LogP contribution is -2.11. The third-order valence-electron chi connectivity index (χ3n) is 4.43. The van der Waals surface area contributed by atoms with Crippen LogP contribution in [0, 0.1) is 6.92 Å². The Bertz CT molecular complexity index is 1060. The predicted molar refractivity (Wildman–Crippen MR) is 123 cm³/mol. The molecule has 0 atom stereocenters. The van der Waals surface area contributed by atoms with Crippen LogP contribution in [0.3, 0.4) is 0 Å². The fraction of sp³-hybridized carbons (Fsp3) is 0.217. The number of aryl methyl sites for hydroxylation is 1. The van der Waals surface area contributed by atoms with E-state index in [0.29, 0.717) is 36.9 Å². The molecular formula is C23H26N6O2. The van der Waals surface area contributed by atoms with Gasteiger partial charge in [-0.25, -0.2) is 9.97 Å². The molecule has 1 heterocycles. The molecule has 0 saturated carbocycles. The van der Waals surface area contributed by atoms with Crippen molar-refractivity contribution in [2.45, 2.75) is 13.5 Å². The highest BCUT2D eigenvalue weighted by molar-refractivity contribution is 6.37. The van der Waals surface area contributed by atoms with Crippen molar-refractivity contribution in [2.75, 3.05) is 26.1 Å². The van der Waals surface area contributed by atoms with E-state index in [1.807, 2.05) is 55.5 Å². The van der Waals surface area contributed by atoms with Crippen molar-refractivity contribution < 1.29 is 9.47 Å². The summed E-state index contributed by atoms with van der Waals surface area (Å²) in [5.41, 5.74) is 10.6. The average molecular weight is 419 g/mol. The number of nitrogens with zero attached hydrogens (tertiary/aromatic N) is 4. The number of rotatable bonds is 9. The molecule has 4 N–H and O–H groups in total. The highest BCUT2D eigenvalue weighted by Gasteiger charge is 2.09. The van der Waals surface area contributed by atoms with Gasteiger partial charge in [-0.2, -0.15) is 5.10 Å². The second kappa shape index (κ2) is 10.8. The topological polar surface area (TPSA) is 121 Å². The Kier molecular flexibility index (Phi) is 7.67. The number of ether oxygens (including phenoxy) is 2. The maximum absolute atomic E-state index is 5.92. The van der Waals surface area contributed by atoms with Crippen LogP contribution < -0.4 is 16.3 Å². The normalized spacial score (nSPS) is 11.7. The van der Waals surface area contributed by atoms with Gasteiger partial charge < -0.3 is 21.1 Å². The number of nitrogen functional groups attached to an aromatic ring is 1. The third kappa shape index (κ3) is 6.35. The molecule has 160 valence electrons. The zero-order valence-corrected chi connectivity index (χ0v) is 17.7. The Labute approximate surface area is 181 Å². The summed E-state index contributed by atoms with van der Waals surface area (Å²) in [7, 11) is 1.64. The van der Waals surface area contributed by atoms with E-state index in [-0.39, 0.29) is 5.95 Å². The molecule has 0 amide bonds. The molecule has 0 bridgehead atoms. The monoisotopic (exact) mass is 418 g/mol. The number of methoxy groups -OCH3 is 1. The van der Waals surface area contributed by atoms with Gasteiger partial charge in [0.1, 0.15) is 18.1 Å². The molecule has 0 aliphatic rings. The molecule has 0 spiro atoms. The van der Waals surface area contributed by atoms with Crippen LogP contribution in [0.15, 0.2) is 64.7 Å². The van der Waals surface area contributed by atoms with Gasteiger partial charge in [-0.1, -0.05) is 35.9 Å². The van der Waals surface area contributed by atoms with Crippen molar-refractivity contribution in [2.24, 2.45) is 15.9 Å². The van der Waals surface area contributed by atoms with Crippen LogP contribution in [-0.2, 0) is 11.3 Å². The summed E-state index contributed by atoms with van der Waals surface area (Å²) < 4.78 is 10.5. The third-order valence-corrected chi connectivity index (χ3v) is 4.43. The lowest BCUT2D eigenvalue weighted by Gasteiger charge is -2.07. The van der Waals surface area contributed by atoms with Crippen molar-refractivity contribution in [3.8, 4) is 17.0 Å². The molecule has 0 aliphatic carbocycles. The summed E-state index contributed by atoms with van der Waals surface area (Å²) in [4.78, 5) is 13.0. The molecule has 3 rings (SSSR count). The number of aliphatic imine (C=N–C) groups is 1. The zero-order chi connectivity index (χ0) is 22.1. The first-order chi connectivity index (χ1) is 15.1. The van der Waals surface area contributed by atoms with Crippen molar-refractivity contribution in [1.29, 1.82) is 0 Å². The lowest BCUT2D eigenvalue weighted by atomic mass is 10.1. The number of aromatic nitrogens is 2. The lowest BCUT2D eigenvalue weighted by molar-refractivity contribution is 0.146. The smallest absolute Gasteiger partial charge is 0.221 e. The first kappa shape index (κ1) is 21.9. The standard InChI is InChI=1S/C23H26N6O2/c1-16-4-3-5-18(12-16)20-13-21(28-23(24)27-20)22(29-25)15-26-14-17-6-8-19(9-7-17)31-11-10-30-2/h3-9,12-13,15H,10-11,14,25H2,1-2H3,(H2,24,27,28). The van der Waals surface area contributed by atoms with Gasteiger partial charge in [0, 0.05) is 12.7 Å². The van der Waals surface area contributed by atoms with Crippen molar-refractivity contribution in [3.05, 3.63) is 71.4 Å². The van der Waals surface area contributed by atoms with Gasteiger partial charge in [-0.15, -0.1) is 0 Å². The number of nitrogens with two attached hydrogens (primary N) is 2. The van der Waals surface area contributed by atoms with E-state index in [2.05, 4.69) is 20.1 Å². The second-order valence-electron chi connectivity index (χ2n) is 6.84. The molecule has 8 heteroatoms. The predicted octanol–water partition coefficient (Wildman–Crippen LogP) is 2.99. The van der Waals surface area contributed by atoms with Crippen LogP contribution >= 0.6 is 0 Å². The molecule has 3 aromatic rings. The van der Waals surface area contributed by atoms with Crippen LogP contribution in [0.5, 0.6) is 5.75 Å². The zero-order valence-electron chi connectivity index (χ0n) is 17.7. The van der Waals surface area contributed by atoms with Crippen molar-refractivity contribution >= 4 is 17.9 Å². The highest BCUT2D eigenvalue weighted by Crippen LogP contribution is 2.20. The quantitative estimate of drug-likeness (QED) is 0.238. The molecule has 8 nitrogen and oxygen atoms in total. The van der Waals surface area contributed by atoms with E-state index in [1.54, 1.807) is 19.4 Å². The Hall–Kier alpha value is -3.78. The van der Waals surface area contributed by atoms with Gasteiger partial charge in [0.2, 0.25) is 5.95 Å². The summed E-state index contributed by atoms with van der Waals surface area (Å²) in [5, 5.41) is 3.83. The van der Waals surface area contributed by atoms with E-state index in [0.717, 1.165) is 22.4 Å². The minimum Gasteiger partial charge on any atom is -0.491 e. The molecular weight excluding hydrogens is 392 g/mol. The summed E-state index contributed by atoms with van der Waals surface area (Å²) >= 11 is 0. The maximum Gasteiger partial charge on any atom is 0.221 e. The fourth-order valence-electron chi connectivity index (χ4n) is 2.89. The van der Waals surface area contributed by atoms with E-state index in [4.69, 9.17) is 21.1 Å². The number of benzene rings is 2. The number of hydrogen-bond acceptors (Lipinski definition) is 8. The first-order valence-corrected chi connectivity index (χ1v) is 9.79. The van der Waals surface area contributed by atoms with Gasteiger partial charge >= 0.3 is 0 Å². The number of anilines is 1. The van der Waals surface area contributed by atoms with Gasteiger partial charge in [-0.3, -0.25) is 4.99 Å². The fourth-order valence-corrected chi connectivity index (χ4v) is 2.89. The van der Waals surface area contributed by atoms with E-state index in [1.165, 1.54) is 0 Å². The number of hydrogen-bond donors (Lipinski definition) is 2. The first-order valence-electron chi connectivity index (χ1n) is 9.79. The van der Waals surface area contributed by atoms with Gasteiger partial charge in [0.05, 0.1) is 30.8 Å². The molecule has 31 heavy (non-hydrogen) atoms. The van der Waals surface area contributed by atoms with Crippen molar-refractivity contribution in [3.63, 3.8) is 0 Å². The minimum atomic E-state index is 0.146. The molecule has 0 unspecified atom stereocenters. The average Bonchev–Trinajstić information content (AvgIpc) is 2.77. The van der Waals surface area contributed by atoms with Crippen LogP contribution in [0.25, 0.3) is 11.3 Å². The van der Waals surface area contributed by atoms with E-state index >= 15 is 0 Å². The molecule has 0 aliphatic heterocycles. The molecule has 1 aromatic heterocycles. The minimum absolute atomic E-state index is 0.146. The highest BCUT2D eigenvalue weighted by atomic mass is 16.5. The Morgan fingerprint density at radius 1 is 1.06 bits per heavy atom. The second-order valence-corrected chi connectivity index (χ2v) is 6.84. The summed E-state index contributed by atoms with van der Waals surface area (Å²) in [6.07, 6.45) is 1.59. The number of hydrazone groups is 1. The Balaban J connectivity index is 1.70. The van der Waals surface area contributed by atoms with E-state index in [9.17, 15) is 0 Å². The van der Waals surface area contributed by atoms with Crippen LogP contribution in [0.2, 0.25) is 0 Å². The molecule has 0 saturated heterocycles.